The van der Waals surface area contributed by atoms with Crippen LogP contribution in [-0.2, 0) is 14.2 Å². The van der Waals surface area contributed by atoms with E-state index in [1.54, 1.807) is 31.4 Å². The highest BCUT2D eigenvalue weighted by molar-refractivity contribution is 5.89. The van der Waals surface area contributed by atoms with Gasteiger partial charge < -0.3 is 14.2 Å². The standard InChI is InChI=1S/C17H16O4/c1-19-17-14-10-6-5-9-13(14)15(21-17)11-20-16(18)12-7-3-2-4-8-12/h2-10,15,17H,11H2,1H3/t15-,17-/m1/s1. The predicted molar refractivity (Wildman–Crippen MR) is 76.7 cm³/mol. The largest absolute Gasteiger partial charge is 0.459 e. The Hall–Kier alpha value is -2.17. The highest BCUT2D eigenvalue weighted by Crippen LogP contribution is 2.39. The summed E-state index contributed by atoms with van der Waals surface area (Å²) in [6, 6.07) is 16.7. The Morgan fingerprint density at radius 1 is 1.05 bits per heavy atom. The van der Waals surface area contributed by atoms with E-state index in [1.165, 1.54) is 0 Å². The first-order valence-corrected chi connectivity index (χ1v) is 6.79. The number of esters is 1. The molecular weight excluding hydrogens is 268 g/mol. The molecule has 1 aliphatic rings. The quantitative estimate of drug-likeness (QED) is 0.808. The average molecular weight is 284 g/mol. The van der Waals surface area contributed by atoms with Gasteiger partial charge >= 0.3 is 5.97 Å². The van der Waals surface area contributed by atoms with Gasteiger partial charge in [0.1, 0.15) is 12.7 Å². The van der Waals surface area contributed by atoms with Crippen LogP contribution in [0.1, 0.15) is 33.9 Å². The minimum absolute atomic E-state index is 0.171. The minimum atomic E-state index is -0.401. The van der Waals surface area contributed by atoms with Gasteiger partial charge in [0, 0.05) is 12.7 Å². The van der Waals surface area contributed by atoms with Crippen molar-refractivity contribution >= 4 is 5.97 Å². The van der Waals surface area contributed by atoms with Gasteiger partial charge in [0.2, 0.25) is 0 Å². The van der Waals surface area contributed by atoms with Crippen molar-refractivity contribution in [1.29, 1.82) is 0 Å². The van der Waals surface area contributed by atoms with Crippen LogP contribution in [0.15, 0.2) is 54.6 Å². The zero-order valence-electron chi connectivity index (χ0n) is 11.7. The van der Waals surface area contributed by atoms with E-state index >= 15 is 0 Å². The van der Waals surface area contributed by atoms with Crippen LogP contribution in [0, 0.1) is 0 Å². The lowest BCUT2D eigenvalue weighted by Crippen LogP contribution is -2.13. The summed E-state index contributed by atoms with van der Waals surface area (Å²) in [6.07, 6.45) is -0.694. The second-order valence-electron chi connectivity index (χ2n) is 4.79. The number of ether oxygens (including phenoxy) is 3. The third-order valence-electron chi connectivity index (χ3n) is 3.47. The van der Waals surface area contributed by atoms with E-state index in [0.717, 1.165) is 11.1 Å². The smallest absolute Gasteiger partial charge is 0.338 e. The Balaban J connectivity index is 1.68. The van der Waals surface area contributed by atoms with Crippen LogP contribution in [0.25, 0.3) is 0 Å². The molecule has 0 bridgehead atoms. The van der Waals surface area contributed by atoms with Crippen LogP contribution in [0.4, 0.5) is 0 Å². The second kappa shape index (κ2) is 6.08. The Morgan fingerprint density at radius 3 is 2.43 bits per heavy atom. The Bertz CT molecular complexity index is 624. The predicted octanol–water partition coefficient (Wildman–Crippen LogP) is 3.26. The van der Waals surface area contributed by atoms with E-state index in [4.69, 9.17) is 14.2 Å². The van der Waals surface area contributed by atoms with Crippen LogP contribution >= 0.6 is 0 Å². The molecule has 0 N–H and O–H groups in total. The maximum atomic E-state index is 12.0. The van der Waals surface area contributed by atoms with E-state index in [2.05, 4.69) is 0 Å². The molecule has 21 heavy (non-hydrogen) atoms. The van der Waals surface area contributed by atoms with Gasteiger partial charge in [0.15, 0.2) is 6.29 Å². The van der Waals surface area contributed by atoms with Crippen LogP contribution in [0.2, 0.25) is 0 Å². The molecule has 0 saturated heterocycles. The maximum absolute atomic E-state index is 12.0. The molecule has 0 radical (unpaired) electrons. The van der Waals surface area contributed by atoms with Gasteiger partial charge in [-0.2, -0.15) is 0 Å². The van der Waals surface area contributed by atoms with E-state index < -0.39 is 6.29 Å². The van der Waals surface area contributed by atoms with Gasteiger partial charge in [-0.3, -0.25) is 0 Å². The molecule has 4 heteroatoms. The molecule has 0 aromatic heterocycles. The van der Waals surface area contributed by atoms with Crippen molar-refractivity contribution in [1.82, 2.24) is 0 Å². The molecule has 3 rings (SSSR count). The van der Waals surface area contributed by atoms with E-state index in [-0.39, 0.29) is 18.7 Å². The number of hydrogen-bond acceptors (Lipinski definition) is 4. The summed E-state index contributed by atoms with van der Waals surface area (Å²) in [5, 5.41) is 0. The fourth-order valence-electron chi connectivity index (χ4n) is 2.44. The molecule has 0 amide bonds. The van der Waals surface area contributed by atoms with Gasteiger partial charge in [0.25, 0.3) is 0 Å². The maximum Gasteiger partial charge on any atom is 0.338 e. The zero-order valence-corrected chi connectivity index (χ0v) is 11.7. The minimum Gasteiger partial charge on any atom is -0.459 e. The number of methoxy groups -OCH3 is 1. The lowest BCUT2D eigenvalue weighted by molar-refractivity contribution is -0.152. The van der Waals surface area contributed by atoms with Crippen molar-refractivity contribution in [2.75, 3.05) is 13.7 Å². The number of benzene rings is 2. The van der Waals surface area contributed by atoms with Crippen LogP contribution in [0.3, 0.4) is 0 Å². The molecular formula is C17H16O4. The van der Waals surface area contributed by atoms with Crippen molar-refractivity contribution in [3.8, 4) is 0 Å². The summed E-state index contributed by atoms with van der Waals surface area (Å²) in [5.74, 6) is -0.349. The Kier molecular flexibility index (Phi) is 3.99. The number of fused-ring (bicyclic) bond motifs is 1. The van der Waals surface area contributed by atoms with Gasteiger partial charge in [0.05, 0.1) is 5.56 Å². The molecule has 2 atom stereocenters. The fraction of sp³-hybridized carbons (Fsp3) is 0.235. The normalized spacial score (nSPS) is 20.0. The second-order valence-corrected chi connectivity index (χ2v) is 4.79. The van der Waals surface area contributed by atoms with Gasteiger partial charge in [-0.15, -0.1) is 0 Å². The summed E-state index contributed by atoms with van der Waals surface area (Å²) in [5.41, 5.74) is 2.53. The molecule has 1 aliphatic heterocycles. The molecule has 0 spiro atoms. The van der Waals surface area contributed by atoms with Crippen molar-refractivity contribution in [2.45, 2.75) is 12.4 Å². The highest BCUT2D eigenvalue weighted by Gasteiger charge is 2.32. The summed E-state index contributed by atoms with van der Waals surface area (Å²) in [7, 11) is 1.60. The van der Waals surface area contributed by atoms with Gasteiger partial charge in [-0.25, -0.2) is 4.79 Å². The number of carbonyl (C=O) groups is 1. The zero-order chi connectivity index (χ0) is 14.7. The van der Waals surface area contributed by atoms with E-state index in [1.807, 2.05) is 30.3 Å². The number of rotatable bonds is 4. The monoisotopic (exact) mass is 284 g/mol. The first kappa shape index (κ1) is 13.8. The molecule has 1 heterocycles. The molecule has 0 fully saturated rings. The highest BCUT2D eigenvalue weighted by atomic mass is 16.7. The summed E-state index contributed by atoms with van der Waals surface area (Å²) < 4.78 is 16.4. The van der Waals surface area contributed by atoms with Crippen molar-refractivity contribution in [3.63, 3.8) is 0 Å². The number of hydrogen-bond donors (Lipinski definition) is 0. The van der Waals surface area contributed by atoms with Crippen LogP contribution in [-0.4, -0.2) is 19.7 Å². The van der Waals surface area contributed by atoms with Crippen molar-refractivity contribution in [2.24, 2.45) is 0 Å². The van der Waals surface area contributed by atoms with Gasteiger partial charge in [-0.05, 0) is 17.7 Å². The molecule has 4 nitrogen and oxygen atoms in total. The third-order valence-corrected chi connectivity index (χ3v) is 3.47. The molecule has 2 aromatic carbocycles. The molecule has 0 aliphatic carbocycles. The van der Waals surface area contributed by atoms with Crippen molar-refractivity contribution < 1.29 is 19.0 Å². The van der Waals surface area contributed by atoms with Gasteiger partial charge in [-0.1, -0.05) is 42.5 Å². The Labute approximate surface area is 123 Å². The third kappa shape index (κ3) is 2.82. The van der Waals surface area contributed by atoms with E-state index in [0.29, 0.717) is 5.56 Å². The SMILES string of the molecule is CO[C@@H]1O[C@H](COC(=O)c2ccccc2)c2ccccc21. The van der Waals surface area contributed by atoms with E-state index in [9.17, 15) is 4.79 Å². The molecule has 108 valence electrons. The Morgan fingerprint density at radius 2 is 1.71 bits per heavy atom. The van der Waals surface area contributed by atoms with Crippen molar-refractivity contribution in [3.05, 3.63) is 71.3 Å². The summed E-state index contributed by atoms with van der Waals surface area (Å²) in [4.78, 5) is 12.0. The number of carbonyl (C=O) groups excluding carboxylic acids is 1. The lowest BCUT2D eigenvalue weighted by atomic mass is 10.1. The average Bonchev–Trinajstić information content (AvgIpc) is 2.91. The first-order chi connectivity index (χ1) is 10.3. The summed E-state index contributed by atoms with van der Waals surface area (Å²) in [6.45, 7) is 0.171. The topological polar surface area (TPSA) is 44.8 Å². The lowest BCUT2D eigenvalue weighted by Gasteiger charge is -2.13. The molecule has 2 aromatic rings. The fourth-order valence-corrected chi connectivity index (χ4v) is 2.44. The summed E-state index contributed by atoms with van der Waals surface area (Å²) >= 11 is 0. The van der Waals surface area contributed by atoms with Crippen LogP contribution < -0.4 is 0 Å². The molecule has 0 saturated carbocycles. The molecule has 0 unspecified atom stereocenters. The first-order valence-electron chi connectivity index (χ1n) is 6.79. The van der Waals surface area contributed by atoms with Crippen LogP contribution in [0.5, 0.6) is 0 Å².